The van der Waals surface area contributed by atoms with Gasteiger partial charge >= 0.3 is 0 Å². The molecule has 0 bridgehead atoms. The first-order valence-electron chi connectivity index (χ1n) is 6.24. The molecule has 6 heteroatoms. The van der Waals surface area contributed by atoms with E-state index in [1.165, 1.54) is 12.1 Å². The van der Waals surface area contributed by atoms with Crippen LogP contribution in [-0.4, -0.2) is 10.1 Å². The lowest BCUT2D eigenvalue weighted by molar-refractivity contribution is 0.424. The van der Waals surface area contributed by atoms with Gasteiger partial charge in [0, 0.05) is 16.6 Å². The number of anilines is 1. The summed E-state index contributed by atoms with van der Waals surface area (Å²) in [6.07, 6.45) is 0.398. The summed E-state index contributed by atoms with van der Waals surface area (Å²) in [6.45, 7) is 0. The second-order valence-corrected chi connectivity index (χ2v) is 5.47. The van der Waals surface area contributed by atoms with E-state index in [1.807, 2.05) is 18.2 Å². The highest BCUT2D eigenvalue weighted by atomic mass is 79.9. The van der Waals surface area contributed by atoms with E-state index in [2.05, 4.69) is 26.1 Å². The lowest BCUT2D eigenvalue weighted by Crippen LogP contribution is -1.93. The molecule has 0 saturated carbocycles. The van der Waals surface area contributed by atoms with E-state index in [9.17, 15) is 4.39 Å². The topological polar surface area (TPSA) is 64.9 Å². The molecule has 0 aliphatic heterocycles. The molecule has 1 heterocycles. The van der Waals surface area contributed by atoms with Gasteiger partial charge in [0.15, 0.2) is 5.82 Å². The van der Waals surface area contributed by atoms with Gasteiger partial charge in [-0.3, -0.25) is 0 Å². The van der Waals surface area contributed by atoms with Gasteiger partial charge in [-0.25, -0.2) is 4.39 Å². The first-order valence-corrected chi connectivity index (χ1v) is 7.03. The number of nitrogen functional groups attached to an aromatic ring is 1. The summed E-state index contributed by atoms with van der Waals surface area (Å²) in [6, 6.07) is 11.7. The van der Waals surface area contributed by atoms with E-state index >= 15 is 0 Å². The highest BCUT2D eigenvalue weighted by Gasteiger charge is 2.12. The van der Waals surface area contributed by atoms with Gasteiger partial charge in [-0.05, 0) is 35.9 Å². The van der Waals surface area contributed by atoms with Crippen LogP contribution >= 0.6 is 15.9 Å². The average Bonchev–Trinajstić information content (AvgIpc) is 2.90. The summed E-state index contributed by atoms with van der Waals surface area (Å²) in [5.41, 5.74) is 7.91. The maximum absolute atomic E-state index is 13.2. The molecule has 0 atom stereocenters. The lowest BCUT2D eigenvalue weighted by Gasteiger charge is -2.00. The average molecular weight is 348 g/mol. The highest BCUT2D eigenvalue weighted by Crippen LogP contribution is 2.27. The lowest BCUT2D eigenvalue weighted by atomic mass is 10.1. The third-order valence-electron chi connectivity index (χ3n) is 2.97. The van der Waals surface area contributed by atoms with E-state index < -0.39 is 0 Å². The van der Waals surface area contributed by atoms with Crippen molar-refractivity contribution in [3.63, 3.8) is 0 Å². The molecule has 0 aliphatic rings. The number of aromatic nitrogens is 2. The normalized spacial score (nSPS) is 10.8. The monoisotopic (exact) mass is 347 g/mol. The Balaban J connectivity index is 1.88. The van der Waals surface area contributed by atoms with Crippen molar-refractivity contribution in [2.75, 3.05) is 5.73 Å². The van der Waals surface area contributed by atoms with E-state index in [0.29, 0.717) is 29.4 Å². The Hall–Kier alpha value is -2.21. The van der Waals surface area contributed by atoms with Crippen LogP contribution in [-0.2, 0) is 6.42 Å². The maximum Gasteiger partial charge on any atom is 0.260 e. The Bertz CT molecular complexity index is 788. The van der Waals surface area contributed by atoms with Crippen LogP contribution in [0, 0.1) is 5.82 Å². The molecule has 2 aromatic carbocycles. The minimum atomic E-state index is -0.285. The zero-order chi connectivity index (χ0) is 14.8. The van der Waals surface area contributed by atoms with Crippen molar-refractivity contribution in [1.82, 2.24) is 10.1 Å². The number of nitrogens with zero attached hydrogens (tertiary/aromatic N) is 2. The van der Waals surface area contributed by atoms with Crippen molar-refractivity contribution in [3.05, 3.63) is 64.1 Å². The molecule has 3 rings (SSSR count). The number of benzene rings is 2. The zero-order valence-corrected chi connectivity index (χ0v) is 12.5. The van der Waals surface area contributed by atoms with Crippen LogP contribution in [0.5, 0.6) is 0 Å². The van der Waals surface area contributed by atoms with Crippen molar-refractivity contribution >= 4 is 21.6 Å². The van der Waals surface area contributed by atoms with Crippen molar-refractivity contribution in [2.45, 2.75) is 6.42 Å². The fraction of sp³-hybridized carbons (Fsp3) is 0.0667. The summed E-state index contributed by atoms with van der Waals surface area (Å²) in [5, 5.41) is 3.91. The molecule has 0 fully saturated rings. The molecular formula is C15H11BrFN3O. The van der Waals surface area contributed by atoms with Gasteiger partial charge in [0.2, 0.25) is 0 Å². The zero-order valence-electron chi connectivity index (χ0n) is 10.9. The third-order valence-corrected chi connectivity index (χ3v) is 3.46. The second kappa shape index (κ2) is 5.65. The molecule has 2 N–H and O–H groups in total. The largest absolute Gasteiger partial charge is 0.398 e. The second-order valence-electron chi connectivity index (χ2n) is 4.55. The predicted octanol–water partition coefficient (Wildman–Crippen LogP) is 3.81. The van der Waals surface area contributed by atoms with Gasteiger partial charge in [-0.2, -0.15) is 4.98 Å². The Labute approximate surface area is 128 Å². The first kappa shape index (κ1) is 13.8. The first-order chi connectivity index (χ1) is 10.1. The number of hydrogen-bond acceptors (Lipinski definition) is 4. The third kappa shape index (κ3) is 3.11. The Morgan fingerprint density at radius 3 is 2.86 bits per heavy atom. The maximum atomic E-state index is 13.2. The molecular weight excluding hydrogens is 337 g/mol. The summed E-state index contributed by atoms with van der Waals surface area (Å²) in [5.74, 6) is 0.544. The molecule has 1 aromatic heterocycles. The van der Waals surface area contributed by atoms with Gasteiger partial charge in [0.05, 0.1) is 5.56 Å². The van der Waals surface area contributed by atoms with Gasteiger partial charge in [-0.15, -0.1) is 0 Å². The van der Waals surface area contributed by atoms with E-state index in [1.54, 1.807) is 12.1 Å². The van der Waals surface area contributed by atoms with Crippen LogP contribution in [0.15, 0.2) is 51.5 Å². The smallest absolute Gasteiger partial charge is 0.260 e. The molecule has 4 nitrogen and oxygen atoms in total. The standard InChI is InChI=1S/C15H11BrFN3O/c16-10-4-5-13(18)12(8-10)15-19-14(20-21-15)7-9-2-1-3-11(17)6-9/h1-6,8H,7,18H2. The van der Waals surface area contributed by atoms with Crippen LogP contribution in [0.1, 0.15) is 11.4 Å². The van der Waals surface area contributed by atoms with Crippen molar-refractivity contribution < 1.29 is 8.91 Å². The SMILES string of the molecule is Nc1ccc(Br)cc1-c1nc(Cc2cccc(F)c2)no1. The predicted molar refractivity (Wildman–Crippen MR) is 81.1 cm³/mol. The number of halogens is 2. The van der Waals surface area contributed by atoms with E-state index in [0.717, 1.165) is 10.0 Å². The fourth-order valence-corrected chi connectivity index (χ4v) is 2.34. The molecule has 21 heavy (non-hydrogen) atoms. The van der Waals surface area contributed by atoms with E-state index in [-0.39, 0.29) is 5.82 Å². The van der Waals surface area contributed by atoms with Crippen LogP contribution in [0.4, 0.5) is 10.1 Å². The van der Waals surface area contributed by atoms with Gasteiger partial charge < -0.3 is 10.3 Å². The minimum absolute atomic E-state index is 0.285. The van der Waals surface area contributed by atoms with Crippen molar-refractivity contribution in [2.24, 2.45) is 0 Å². The summed E-state index contributed by atoms with van der Waals surface area (Å²) >= 11 is 3.38. The number of nitrogens with two attached hydrogens (primary N) is 1. The van der Waals surface area contributed by atoms with Gasteiger partial charge in [0.25, 0.3) is 5.89 Å². The van der Waals surface area contributed by atoms with Crippen LogP contribution in [0.2, 0.25) is 0 Å². The Kier molecular flexibility index (Phi) is 3.70. The Morgan fingerprint density at radius 2 is 2.05 bits per heavy atom. The van der Waals surface area contributed by atoms with Gasteiger partial charge in [-0.1, -0.05) is 33.2 Å². The molecule has 0 amide bonds. The van der Waals surface area contributed by atoms with Crippen LogP contribution in [0.3, 0.4) is 0 Å². The van der Waals surface area contributed by atoms with Crippen LogP contribution < -0.4 is 5.73 Å². The molecule has 0 aliphatic carbocycles. The molecule has 106 valence electrons. The summed E-state index contributed by atoms with van der Waals surface area (Å²) < 4.78 is 19.3. The Morgan fingerprint density at radius 1 is 1.19 bits per heavy atom. The quantitative estimate of drug-likeness (QED) is 0.731. The summed E-state index contributed by atoms with van der Waals surface area (Å²) in [4.78, 5) is 4.31. The molecule has 3 aromatic rings. The fourth-order valence-electron chi connectivity index (χ4n) is 1.98. The number of rotatable bonds is 3. The van der Waals surface area contributed by atoms with Crippen molar-refractivity contribution in [1.29, 1.82) is 0 Å². The van der Waals surface area contributed by atoms with E-state index in [4.69, 9.17) is 10.3 Å². The molecule has 0 spiro atoms. The van der Waals surface area contributed by atoms with Crippen LogP contribution in [0.25, 0.3) is 11.5 Å². The molecule has 0 radical (unpaired) electrons. The molecule has 0 unspecified atom stereocenters. The number of hydrogen-bond donors (Lipinski definition) is 1. The van der Waals surface area contributed by atoms with Crippen molar-refractivity contribution in [3.8, 4) is 11.5 Å². The summed E-state index contributed by atoms with van der Waals surface area (Å²) in [7, 11) is 0. The van der Waals surface area contributed by atoms with Gasteiger partial charge in [0.1, 0.15) is 5.82 Å². The highest BCUT2D eigenvalue weighted by molar-refractivity contribution is 9.10. The minimum Gasteiger partial charge on any atom is -0.398 e. The molecule has 0 saturated heterocycles.